The molecule has 0 radical (unpaired) electrons. The average Bonchev–Trinajstić information content (AvgIpc) is 3.50. The van der Waals surface area contributed by atoms with Gasteiger partial charge in [0.1, 0.15) is 5.69 Å². The lowest BCUT2D eigenvalue weighted by Gasteiger charge is -2.17. The summed E-state index contributed by atoms with van der Waals surface area (Å²) in [4.78, 5) is 56.8. The summed E-state index contributed by atoms with van der Waals surface area (Å²) >= 11 is 19.0. The van der Waals surface area contributed by atoms with Gasteiger partial charge in [-0.1, -0.05) is 34.8 Å². The highest BCUT2D eigenvalue weighted by atomic mass is 35.5. The number of Topliss-reactive ketones (excluding diaryl/α,β-unsaturated/α-hetero) is 2. The molecule has 0 aliphatic carbocycles. The van der Waals surface area contributed by atoms with Gasteiger partial charge in [-0.3, -0.25) is 9.59 Å². The minimum Gasteiger partial charge on any atom is -0.467 e. The van der Waals surface area contributed by atoms with Crippen LogP contribution in [0.25, 0.3) is 5.82 Å². The van der Waals surface area contributed by atoms with Crippen LogP contribution in [0.15, 0.2) is 41.3 Å². The van der Waals surface area contributed by atoms with Gasteiger partial charge in [0, 0.05) is 42.3 Å². The summed E-state index contributed by atoms with van der Waals surface area (Å²) in [6, 6.07) is 7.55. The molecule has 16 heteroatoms. The second kappa shape index (κ2) is 12.8. The highest BCUT2D eigenvalue weighted by Crippen LogP contribution is 2.28. The van der Waals surface area contributed by atoms with Crippen LogP contribution >= 0.6 is 34.8 Å². The molecule has 0 unspecified atom stereocenters. The molecular weight excluding hydrogens is 613 g/mol. The van der Waals surface area contributed by atoms with Gasteiger partial charge in [0.2, 0.25) is 0 Å². The lowest BCUT2D eigenvalue weighted by molar-refractivity contribution is 0.0908. The van der Waals surface area contributed by atoms with E-state index in [4.69, 9.17) is 39.5 Å². The van der Waals surface area contributed by atoms with E-state index >= 15 is 0 Å². The monoisotopic (exact) mass is 635 g/mol. The van der Waals surface area contributed by atoms with Crippen LogP contribution in [0.4, 0.5) is 4.79 Å². The second-order valence-electron chi connectivity index (χ2n) is 8.99. The van der Waals surface area contributed by atoms with E-state index in [1.165, 1.54) is 62.0 Å². The quantitative estimate of drug-likeness (QED) is 0.239. The zero-order valence-corrected chi connectivity index (χ0v) is 25.1. The van der Waals surface area contributed by atoms with Crippen LogP contribution in [0.5, 0.6) is 6.01 Å². The van der Waals surface area contributed by atoms with Crippen LogP contribution in [0.3, 0.4) is 0 Å². The Morgan fingerprint density at radius 3 is 2.40 bits per heavy atom. The van der Waals surface area contributed by atoms with Gasteiger partial charge in [-0.15, -0.1) is 5.10 Å². The maximum Gasteiger partial charge on any atom is 0.409 e. The lowest BCUT2D eigenvalue weighted by atomic mass is 9.97. The van der Waals surface area contributed by atoms with Crippen molar-refractivity contribution in [2.24, 2.45) is 7.05 Å². The number of amides is 1. The largest absolute Gasteiger partial charge is 0.467 e. The zero-order chi connectivity index (χ0) is 30.7. The van der Waals surface area contributed by atoms with Crippen LogP contribution in [-0.2, 0) is 24.8 Å². The third kappa shape index (κ3) is 6.32. The molecule has 4 rings (SSSR count). The maximum absolute atomic E-state index is 13.8. The fraction of sp³-hybridized carbons (Fsp3) is 0.269. The number of hydrogen-bond acceptors (Lipinski definition) is 9. The van der Waals surface area contributed by atoms with E-state index in [-0.39, 0.29) is 63.2 Å². The summed E-state index contributed by atoms with van der Waals surface area (Å²) in [7, 11) is 5.47. The molecule has 13 nitrogen and oxygen atoms in total. The zero-order valence-electron chi connectivity index (χ0n) is 22.8. The van der Waals surface area contributed by atoms with Crippen LogP contribution < -0.4 is 10.4 Å². The summed E-state index contributed by atoms with van der Waals surface area (Å²) < 4.78 is 13.4. The first-order valence-corrected chi connectivity index (χ1v) is 13.3. The number of methoxy groups -OCH3 is 2. The minimum atomic E-state index is -0.720. The Labute approximate surface area is 254 Å². The van der Waals surface area contributed by atoms with E-state index in [0.29, 0.717) is 5.69 Å². The topological polar surface area (TPSA) is 143 Å². The molecule has 42 heavy (non-hydrogen) atoms. The first-order valence-electron chi connectivity index (χ1n) is 12.2. The van der Waals surface area contributed by atoms with Crippen molar-refractivity contribution in [2.45, 2.75) is 13.0 Å². The summed E-state index contributed by atoms with van der Waals surface area (Å²) in [6.07, 6.45) is 0.420. The normalized spacial score (nSPS) is 10.9. The average molecular weight is 637 g/mol. The Bertz CT molecular complexity index is 1750. The predicted molar refractivity (Wildman–Crippen MR) is 153 cm³/mol. The minimum absolute atomic E-state index is 0.0534. The van der Waals surface area contributed by atoms with E-state index in [2.05, 4.69) is 19.9 Å². The SMILES string of the molecule is COC(=O)N(C)CC(=O)c1cc(Cl)cc(Cl)c1CC(=O)c1cc(Cn2nc(OC)n(C)c2=O)nn1-c1ncccc1Cl. The Kier molecular flexibility index (Phi) is 9.34. The number of likely N-dealkylation sites (N-methyl/N-ethyl adjacent to an activating group) is 1. The second-order valence-corrected chi connectivity index (χ2v) is 10.2. The number of ether oxygens (including phenoxy) is 2. The number of halogens is 3. The summed E-state index contributed by atoms with van der Waals surface area (Å²) in [5, 5.41) is 9.07. The molecule has 0 spiro atoms. The number of carbonyl (C=O) groups excluding carboxylic acids is 3. The number of hydrogen-bond donors (Lipinski definition) is 0. The van der Waals surface area contributed by atoms with E-state index in [1.807, 2.05) is 0 Å². The van der Waals surface area contributed by atoms with Crippen molar-refractivity contribution in [3.05, 3.63) is 84.6 Å². The summed E-state index contributed by atoms with van der Waals surface area (Å²) in [6.45, 7) is -0.447. The van der Waals surface area contributed by atoms with E-state index in [0.717, 1.165) is 9.58 Å². The molecule has 0 fully saturated rings. The molecule has 4 aromatic rings. The third-order valence-corrected chi connectivity index (χ3v) is 7.00. The number of rotatable bonds is 10. The molecule has 0 aliphatic heterocycles. The van der Waals surface area contributed by atoms with E-state index in [1.54, 1.807) is 12.1 Å². The molecule has 0 bridgehead atoms. The standard InChI is InChI=1S/C26H24Cl3N7O6/c1-33(26(40)42-4)13-22(38)17-8-14(27)9-19(29)16(17)11-21(37)20-10-15(12-35-25(39)34(2)24(32-35)41-3)31-36(20)23-18(28)6-5-7-30-23/h5-10H,11-13H2,1-4H3. The molecule has 3 heterocycles. The van der Waals surface area contributed by atoms with Gasteiger partial charge in [-0.05, 0) is 35.9 Å². The van der Waals surface area contributed by atoms with Crippen molar-refractivity contribution < 1.29 is 23.9 Å². The molecule has 0 atom stereocenters. The molecule has 0 N–H and O–H groups in total. The number of aromatic nitrogens is 6. The highest BCUT2D eigenvalue weighted by molar-refractivity contribution is 6.36. The molecule has 0 aliphatic rings. The van der Waals surface area contributed by atoms with Crippen molar-refractivity contribution in [2.75, 3.05) is 27.8 Å². The van der Waals surface area contributed by atoms with Gasteiger partial charge in [-0.25, -0.2) is 28.5 Å². The fourth-order valence-electron chi connectivity index (χ4n) is 4.11. The molecule has 220 valence electrons. The first kappa shape index (κ1) is 30.8. The van der Waals surface area contributed by atoms with Crippen molar-refractivity contribution in [1.29, 1.82) is 0 Å². The number of pyridine rings is 1. The molecule has 0 saturated carbocycles. The van der Waals surface area contributed by atoms with Gasteiger partial charge in [0.05, 0.1) is 38.0 Å². The number of nitrogens with zero attached hydrogens (tertiary/aromatic N) is 7. The maximum atomic E-state index is 13.8. The lowest BCUT2D eigenvalue weighted by Crippen LogP contribution is -2.32. The summed E-state index contributed by atoms with van der Waals surface area (Å²) in [5.74, 6) is -0.848. The van der Waals surface area contributed by atoms with Gasteiger partial charge in [0.25, 0.3) is 0 Å². The van der Waals surface area contributed by atoms with E-state index < -0.39 is 23.3 Å². The van der Waals surface area contributed by atoms with Gasteiger partial charge in [-0.2, -0.15) is 5.10 Å². The predicted octanol–water partition coefficient (Wildman–Crippen LogP) is 3.49. The molecule has 0 saturated heterocycles. The smallest absolute Gasteiger partial charge is 0.409 e. The third-order valence-electron chi connectivity index (χ3n) is 6.15. The highest BCUT2D eigenvalue weighted by Gasteiger charge is 2.25. The van der Waals surface area contributed by atoms with Gasteiger partial charge in [0.15, 0.2) is 17.4 Å². The van der Waals surface area contributed by atoms with Crippen LogP contribution in [0, 0.1) is 0 Å². The number of benzene rings is 1. The van der Waals surface area contributed by atoms with E-state index in [9.17, 15) is 19.2 Å². The van der Waals surface area contributed by atoms with Crippen LogP contribution in [0.1, 0.15) is 32.1 Å². The first-order chi connectivity index (χ1) is 19.9. The molecule has 3 aromatic heterocycles. The van der Waals surface area contributed by atoms with Crippen molar-refractivity contribution in [3.63, 3.8) is 0 Å². The van der Waals surface area contributed by atoms with Gasteiger partial charge < -0.3 is 14.4 Å². The number of carbonyl (C=O) groups is 3. The van der Waals surface area contributed by atoms with Crippen molar-refractivity contribution in [3.8, 4) is 11.8 Å². The Morgan fingerprint density at radius 1 is 1.02 bits per heavy atom. The Hall–Kier alpha value is -4.20. The van der Waals surface area contributed by atoms with Crippen LogP contribution in [0.2, 0.25) is 15.1 Å². The summed E-state index contributed by atoms with van der Waals surface area (Å²) in [5.41, 5.74) is 0.143. The number of ketones is 2. The molecule has 1 amide bonds. The molecule has 1 aromatic carbocycles. The van der Waals surface area contributed by atoms with Crippen molar-refractivity contribution in [1.82, 2.24) is 34.0 Å². The van der Waals surface area contributed by atoms with Crippen molar-refractivity contribution >= 4 is 52.5 Å². The Balaban J connectivity index is 1.75. The Morgan fingerprint density at radius 2 is 1.76 bits per heavy atom. The van der Waals surface area contributed by atoms with Crippen LogP contribution in [-0.4, -0.2) is 79.5 Å². The van der Waals surface area contributed by atoms with Gasteiger partial charge >= 0.3 is 17.8 Å². The fourth-order valence-corrected chi connectivity index (χ4v) is 4.87. The molecular formula is C26H24Cl3N7O6.